The lowest BCUT2D eigenvalue weighted by Gasteiger charge is -2.42. The summed E-state index contributed by atoms with van der Waals surface area (Å²) in [6.45, 7) is 2.27. The van der Waals surface area contributed by atoms with Gasteiger partial charge in [-0.05, 0) is 38.3 Å². The Kier molecular flexibility index (Phi) is 3.99. The molecule has 6 heteroatoms. The van der Waals surface area contributed by atoms with Gasteiger partial charge < -0.3 is 10.6 Å². The molecule has 1 aliphatic rings. The average molecular weight is 273 g/mol. The molecule has 2 unspecified atom stereocenters. The molecule has 1 fully saturated rings. The third kappa shape index (κ3) is 2.83. The molecule has 0 aliphatic carbocycles. The molecule has 3 nitrogen and oxygen atoms in total. The van der Waals surface area contributed by atoms with Crippen molar-refractivity contribution < 1.29 is 13.2 Å². The van der Waals surface area contributed by atoms with Gasteiger partial charge in [-0.25, -0.2) is 4.98 Å². The van der Waals surface area contributed by atoms with E-state index < -0.39 is 11.7 Å². The van der Waals surface area contributed by atoms with Crippen molar-refractivity contribution in [3.8, 4) is 0 Å². The van der Waals surface area contributed by atoms with Crippen molar-refractivity contribution in [2.45, 2.75) is 44.4 Å². The summed E-state index contributed by atoms with van der Waals surface area (Å²) < 4.78 is 39.2. The maximum absolute atomic E-state index is 13.1. The van der Waals surface area contributed by atoms with Gasteiger partial charge in [-0.1, -0.05) is 0 Å². The molecule has 0 spiro atoms. The maximum atomic E-state index is 13.1. The molecule has 1 saturated heterocycles. The Morgan fingerprint density at radius 3 is 2.79 bits per heavy atom. The van der Waals surface area contributed by atoms with Crippen molar-refractivity contribution in [2.75, 3.05) is 11.4 Å². The highest BCUT2D eigenvalue weighted by Gasteiger charge is 2.38. The van der Waals surface area contributed by atoms with Crippen LogP contribution in [0.15, 0.2) is 18.3 Å². The molecule has 1 aliphatic heterocycles. The van der Waals surface area contributed by atoms with Crippen molar-refractivity contribution in [3.05, 3.63) is 23.9 Å². The quantitative estimate of drug-likeness (QED) is 0.901. The van der Waals surface area contributed by atoms with E-state index in [2.05, 4.69) is 4.98 Å². The zero-order valence-electron chi connectivity index (χ0n) is 10.8. The van der Waals surface area contributed by atoms with E-state index in [0.29, 0.717) is 6.54 Å². The van der Waals surface area contributed by atoms with Gasteiger partial charge in [0, 0.05) is 24.8 Å². The zero-order valence-corrected chi connectivity index (χ0v) is 10.8. The summed E-state index contributed by atoms with van der Waals surface area (Å²) in [6.07, 6.45) is -0.313. The van der Waals surface area contributed by atoms with E-state index in [0.717, 1.165) is 25.3 Å². The number of rotatable bonds is 2. The molecule has 1 aromatic rings. The first kappa shape index (κ1) is 14.1. The van der Waals surface area contributed by atoms with Crippen LogP contribution in [0.5, 0.6) is 0 Å². The molecule has 0 bridgehead atoms. The van der Waals surface area contributed by atoms with Gasteiger partial charge in [0.1, 0.15) is 5.82 Å². The summed E-state index contributed by atoms with van der Waals surface area (Å²) in [5, 5.41) is 0. The van der Waals surface area contributed by atoms with Crippen molar-refractivity contribution >= 4 is 5.82 Å². The summed E-state index contributed by atoms with van der Waals surface area (Å²) in [6, 6.07) is 2.35. The van der Waals surface area contributed by atoms with Crippen LogP contribution in [0.1, 0.15) is 31.7 Å². The van der Waals surface area contributed by atoms with E-state index in [1.165, 1.54) is 12.3 Å². The molecular formula is C13H18F3N3. The molecular weight excluding hydrogens is 255 g/mol. The second-order valence-corrected chi connectivity index (χ2v) is 4.95. The number of hydrogen-bond acceptors (Lipinski definition) is 3. The van der Waals surface area contributed by atoms with E-state index in [1.807, 2.05) is 6.92 Å². The number of nitrogens with two attached hydrogens (primary N) is 1. The van der Waals surface area contributed by atoms with Crippen LogP contribution in [0.4, 0.5) is 19.0 Å². The highest BCUT2D eigenvalue weighted by Crippen LogP contribution is 2.38. The van der Waals surface area contributed by atoms with Crippen LogP contribution in [0.2, 0.25) is 0 Å². The molecule has 2 atom stereocenters. The Balaban J connectivity index is 2.44. The second kappa shape index (κ2) is 5.36. The topological polar surface area (TPSA) is 42.1 Å². The van der Waals surface area contributed by atoms with E-state index in [-0.39, 0.29) is 17.9 Å². The van der Waals surface area contributed by atoms with Crippen molar-refractivity contribution in [3.63, 3.8) is 0 Å². The van der Waals surface area contributed by atoms with Crippen molar-refractivity contribution in [1.29, 1.82) is 0 Å². The van der Waals surface area contributed by atoms with E-state index in [4.69, 9.17) is 5.73 Å². The molecule has 0 radical (unpaired) electrons. The standard InChI is InChI=1S/C13H18F3N3/c1-9-4-2-5-10(8-17)19(9)12-11(13(14,15)16)6-3-7-18-12/h3,6-7,9-10H,2,4-5,8,17H2,1H3. The number of alkyl halides is 3. The fourth-order valence-electron chi connectivity index (χ4n) is 2.72. The number of anilines is 1. The largest absolute Gasteiger partial charge is 0.419 e. The highest BCUT2D eigenvalue weighted by atomic mass is 19.4. The first-order valence-corrected chi connectivity index (χ1v) is 6.45. The van der Waals surface area contributed by atoms with E-state index in [1.54, 1.807) is 4.90 Å². The fraction of sp³-hybridized carbons (Fsp3) is 0.615. The van der Waals surface area contributed by atoms with Crippen LogP contribution >= 0.6 is 0 Å². The Morgan fingerprint density at radius 2 is 2.16 bits per heavy atom. The normalized spacial score (nSPS) is 24.6. The summed E-state index contributed by atoms with van der Waals surface area (Å²) in [7, 11) is 0. The summed E-state index contributed by atoms with van der Waals surface area (Å²) in [5.74, 6) is 0.0117. The SMILES string of the molecule is CC1CCCC(CN)N1c1ncccc1C(F)(F)F. The molecule has 19 heavy (non-hydrogen) atoms. The van der Waals surface area contributed by atoms with Gasteiger partial charge in [0.2, 0.25) is 0 Å². The van der Waals surface area contributed by atoms with Crippen LogP contribution in [0.3, 0.4) is 0 Å². The van der Waals surface area contributed by atoms with Crippen LogP contribution < -0.4 is 10.6 Å². The minimum absolute atomic E-state index is 0.0117. The van der Waals surface area contributed by atoms with Crippen LogP contribution in [0, 0.1) is 0 Å². The third-order valence-electron chi connectivity index (χ3n) is 3.64. The molecule has 2 rings (SSSR count). The fourth-order valence-corrected chi connectivity index (χ4v) is 2.72. The van der Waals surface area contributed by atoms with Gasteiger partial charge in [-0.15, -0.1) is 0 Å². The minimum atomic E-state index is -4.39. The number of pyridine rings is 1. The molecule has 2 heterocycles. The molecule has 2 N–H and O–H groups in total. The number of nitrogens with zero attached hydrogens (tertiary/aromatic N) is 2. The predicted octanol–water partition coefficient (Wildman–Crippen LogP) is 2.81. The number of halogens is 3. The zero-order chi connectivity index (χ0) is 14.0. The average Bonchev–Trinajstić information content (AvgIpc) is 2.37. The Labute approximate surface area is 110 Å². The van der Waals surface area contributed by atoms with Crippen molar-refractivity contribution in [1.82, 2.24) is 4.98 Å². The second-order valence-electron chi connectivity index (χ2n) is 4.95. The predicted molar refractivity (Wildman–Crippen MR) is 67.9 cm³/mol. The lowest BCUT2D eigenvalue weighted by Crippen LogP contribution is -2.50. The summed E-state index contributed by atoms with van der Waals surface area (Å²) in [5.41, 5.74) is 5.02. The molecule has 0 aromatic carbocycles. The minimum Gasteiger partial charge on any atom is -0.349 e. The number of hydrogen-bond donors (Lipinski definition) is 1. The third-order valence-corrected chi connectivity index (χ3v) is 3.64. The van der Waals surface area contributed by atoms with Gasteiger partial charge >= 0.3 is 6.18 Å². The molecule has 1 aromatic heterocycles. The molecule has 106 valence electrons. The summed E-state index contributed by atoms with van der Waals surface area (Å²) in [4.78, 5) is 5.71. The summed E-state index contributed by atoms with van der Waals surface area (Å²) >= 11 is 0. The smallest absolute Gasteiger partial charge is 0.349 e. The Morgan fingerprint density at radius 1 is 1.42 bits per heavy atom. The van der Waals surface area contributed by atoms with Crippen LogP contribution in [0.25, 0.3) is 0 Å². The maximum Gasteiger partial charge on any atom is 0.419 e. The Hall–Kier alpha value is -1.30. The van der Waals surface area contributed by atoms with E-state index in [9.17, 15) is 13.2 Å². The van der Waals surface area contributed by atoms with Gasteiger partial charge in [0.05, 0.1) is 5.56 Å². The first-order chi connectivity index (χ1) is 8.95. The molecule has 0 amide bonds. The Bertz CT molecular complexity index is 433. The highest BCUT2D eigenvalue weighted by molar-refractivity contribution is 5.50. The lowest BCUT2D eigenvalue weighted by molar-refractivity contribution is -0.137. The van der Waals surface area contributed by atoms with Crippen LogP contribution in [-0.4, -0.2) is 23.6 Å². The van der Waals surface area contributed by atoms with Gasteiger partial charge in [-0.3, -0.25) is 0 Å². The number of aromatic nitrogens is 1. The van der Waals surface area contributed by atoms with Gasteiger partial charge in [0.15, 0.2) is 0 Å². The number of piperidine rings is 1. The van der Waals surface area contributed by atoms with Gasteiger partial charge in [0.25, 0.3) is 0 Å². The van der Waals surface area contributed by atoms with Crippen molar-refractivity contribution in [2.24, 2.45) is 5.73 Å². The van der Waals surface area contributed by atoms with Gasteiger partial charge in [-0.2, -0.15) is 13.2 Å². The first-order valence-electron chi connectivity index (χ1n) is 6.45. The van der Waals surface area contributed by atoms with E-state index >= 15 is 0 Å². The lowest BCUT2D eigenvalue weighted by atomic mass is 9.95. The monoisotopic (exact) mass is 273 g/mol. The van der Waals surface area contributed by atoms with Crippen LogP contribution in [-0.2, 0) is 6.18 Å². The molecule has 0 saturated carbocycles.